The number of rotatable bonds is 6. The molecular weight excluding hydrogens is 218 g/mol. The van der Waals surface area contributed by atoms with Crippen LogP contribution in [0, 0.1) is 0 Å². The Kier molecular flexibility index (Phi) is 5.25. The van der Waals surface area contributed by atoms with Gasteiger partial charge in [0.2, 0.25) is 0 Å². The minimum absolute atomic E-state index is 0.317. The molecule has 0 bridgehead atoms. The minimum Gasteiger partial charge on any atom is -0.490 e. The fourth-order valence-electron chi connectivity index (χ4n) is 1.56. The molecule has 0 aromatic heterocycles. The third kappa shape index (κ3) is 3.61. The second-order valence-corrected chi connectivity index (χ2v) is 3.88. The van der Waals surface area contributed by atoms with Crippen molar-refractivity contribution in [1.82, 2.24) is 0 Å². The lowest BCUT2D eigenvalue weighted by Gasteiger charge is -2.17. The van der Waals surface area contributed by atoms with Gasteiger partial charge < -0.3 is 20.3 Å². The first-order chi connectivity index (χ1) is 8.10. The summed E-state index contributed by atoms with van der Waals surface area (Å²) in [6.07, 6.45) is -0.690. The first-order valence-electron chi connectivity index (χ1n) is 5.93. The third-order valence-electron chi connectivity index (χ3n) is 2.41. The maximum atomic E-state index is 9.89. The minimum atomic E-state index is -0.690. The molecule has 1 aromatic carbocycles. The van der Waals surface area contributed by atoms with Crippen LogP contribution in [-0.2, 0) is 0 Å². The fraction of sp³-hybridized carbons (Fsp3) is 0.538. The lowest BCUT2D eigenvalue weighted by molar-refractivity contribution is 0.152. The highest BCUT2D eigenvalue weighted by Gasteiger charge is 2.15. The number of aliphatic hydroxyl groups excluding tert-OH is 1. The van der Waals surface area contributed by atoms with E-state index in [9.17, 15) is 5.11 Å². The first kappa shape index (κ1) is 13.8. The Labute approximate surface area is 102 Å². The predicted octanol–water partition coefficient (Wildman–Crippen LogP) is 1.86. The van der Waals surface area contributed by atoms with Crippen LogP contribution >= 0.6 is 0 Å². The standard InChI is InChI=1S/C13H21NO3/c1-4-16-11-7-6-10(13(15)9(3)14)8-12(11)17-5-2/h6-9,13,15H,4-5,14H2,1-3H3. The second-order valence-electron chi connectivity index (χ2n) is 3.88. The smallest absolute Gasteiger partial charge is 0.161 e. The Hall–Kier alpha value is -1.26. The molecule has 0 radical (unpaired) electrons. The van der Waals surface area contributed by atoms with Crippen molar-refractivity contribution in [3.63, 3.8) is 0 Å². The van der Waals surface area contributed by atoms with Gasteiger partial charge in [-0.25, -0.2) is 0 Å². The first-order valence-corrected chi connectivity index (χ1v) is 5.93. The Morgan fingerprint density at radius 2 is 1.76 bits per heavy atom. The molecule has 4 nitrogen and oxygen atoms in total. The van der Waals surface area contributed by atoms with Gasteiger partial charge in [0.15, 0.2) is 11.5 Å². The molecule has 1 rings (SSSR count). The van der Waals surface area contributed by atoms with Gasteiger partial charge in [-0.15, -0.1) is 0 Å². The van der Waals surface area contributed by atoms with Crippen molar-refractivity contribution in [2.75, 3.05) is 13.2 Å². The summed E-state index contributed by atoms with van der Waals surface area (Å²) in [5.41, 5.74) is 6.41. The van der Waals surface area contributed by atoms with Gasteiger partial charge in [0.1, 0.15) is 0 Å². The molecule has 2 atom stereocenters. The number of benzene rings is 1. The summed E-state index contributed by atoms with van der Waals surface area (Å²) in [7, 11) is 0. The average molecular weight is 239 g/mol. The van der Waals surface area contributed by atoms with Crippen molar-refractivity contribution in [3.8, 4) is 11.5 Å². The van der Waals surface area contributed by atoms with E-state index in [1.807, 2.05) is 19.9 Å². The predicted molar refractivity (Wildman–Crippen MR) is 67.4 cm³/mol. The van der Waals surface area contributed by atoms with E-state index in [1.165, 1.54) is 0 Å². The van der Waals surface area contributed by atoms with Crippen molar-refractivity contribution in [2.45, 2.75) is 32.9 Å². The second kappa shape index (κ2) is 6.47. The van der Waals surface area contributed by atoms with E-state index in [-0.39, 0.29) is 6.04 Å². The highest BCUT2D eigenvalue weighted by molar-refractivity contribution is 5.43. The van der Waals surface area contributed by atoms with Crippen LogP contribution in [0.3, 0.4) is 0 Å². The Morgan fingerprint density at radius 3 is 2.29 bits per heavy atom. The largest absolute Gasteiger partial charge is 0.490 e. The van der Waals surface area contributed by atoms with Crippen molar-refractivity contribution in [1.29, 1.82) is 0 Å². The number of hydrogen-bond acceptors (Lipinski definition) is 4. The van der Waals surface area contributed by atoms with E-state index >= 15 is 0 Å². The van der Waals surface area contributed by atoms with Gasteiger partial charge in [0, 0.05) is 6.04 Å². The van der Waals surface area contributed by atoms with Crippen LogP contribution in [0.2, 0.25) is 0 Å². The topological polar surface area (TPSA) is 64.7 Å². The molecule has 0 aliphatic heterocycles. The van der Waals surface area contributed by atoms with E-state index in [2.05, 4.69) is 0 Å². The summed E-state index contributed by atoms with van der Waals surface area (Å²) in [6.45, 7) is 6.72. The molecule has 0 saturated heterocycles. The number of hydrogen-bond donors (Lipinski definition) is 2. The molecule has 0 aliphatic rings. The van der Waals surface area contributed by atoms with Crippen LogP contribution < -0.4 is 15.2 Å². The number of nitrogens with two attached hydrogens (primary N) is 1. The van der Waals surface area contributed by atoms with Crippen molar-refractivity contribution >= 4 is 0 Å². The molecule has 1 aromatic rings. The van der Waals surface area contributed by atoms with Crippen LogP contribution in [-0.4, -0.2) is 24.4 Å². The maximum absolute atomic E-state index is 9.89. The van der Waals surface area contributed by atoms with Gasteiger partial charge in [-0.1, -0.05) is 6.07 Å². The maximum Gasteiger partial charge on any atom is 0.161 e. The zero-order valence-electron chi connectivity index (χ0n) is 10.6. The third-order valence-corrected chi connectivity index (χ3v) is 2.41. The Morgan fingerprint density at radius 1 is 1.18 bits per heavy atom. The summed E-state index contributed by atoms with van der Waals surface area (Å²) in [5.74, 6) is 1.33. The SMILES string of the molecule is CCOc1ccc(C(O)C(C)N)cc1OCC. The van der Waals surface area contributed by atoms with Gasteiger partial charge in [-0.05, 0) is 38.5 Å². The fourth-order valence-corrected chi connectivity index (χ4v) is 1.56. The molecule has 2 unspecified atom stereocenters. The molecule has 0 fully saturated rings. The van der Waals surface area contributed by atoms with Gasteiger partial charge in [-0.3, -0.25) is 0 Å². The molecule has 0 aliphatic carbocycles. The van der Waals surface area contributed by atoms with E-state index in [0.717, 1.165) is 5.56 Å². The molecule has 96 valence electrons. The van der Waals surface area contributed by atoms with Crippen LogP contribution in [0.5, 0.6) is 11.5 Å². The molecule has 4 heteroatoms. The van der Waals surface area contributed by atoms with Crippen LogP contribution in [0.1, 0.15) is 32.4 Å². The van der Waals surface area contributed by atoms with Crippen LogP contribution in [0.4, 0.5) is 0 Å². The Bertz CT molecular complexity index is 353. The summed E-state index contributed by atoms with van der Waals surface area (Å²) in [4.78, 5) is 0. The summed E-state index contributed by atoms with van der Waals surface area (Å²) < 4.78 is 10.9. The summed E-state index contributed by atoms with van der Waals surface area (Å²) >= 11 is 0. The van der Waals surface area contributed by atoms with Crippen LogP contribution in [0.25, 0.3) is 0 Å². The van der Waals surface area contributed by atoms with E-state index < -0.39 is 6.10 Å². The lowest BCUT2D eigenvalue weighted by atomic mass is 10.0. The zero-order chi connectivity index (χ0) is 12.8. The van der Waals surface area contributed by atoms with Gasteiger partial charge in [0.25, 0.3) is 0 Å². The molecule has 17 heavy (non-hydrogen) atoms. The molecule has 0 amide bonds. The Balaban J connectivity index is 3.00. The molecule has 0 saturated carbocycles. The van der Waals surface area contributed by atoms with Gasteiger partial charge in [-0.2, -0.15) is 0 Å². The van der Waals surface area contributed by atoms with Crippen molar-refractivity contribution in [3.05, 3.63) is 23.8 Å². The van der Waals surface area contributed by atoms with Crippen molar-refractivity contribution in [2.24, 2.45) is 5.73 Å². The highest BCUT2D eigenvalue weighted by atomic mass is 16.5. The van der Waals surface area contributed by atoms with Crippen LogP contribution in [0.15, 0.2) is 18.2 Å². The van der Waals surface area contributed by atoms with Gasteiger partial charge >= 0.3 is 0 Å². The number of ether oxygens (including phenoxy) is 2. The molecular formula is C13H21NO3. The molecule has 3 N–H and O–H groups in total. The molecule has 0 spiro atoms. The van der Waals surface area contributed by atoms with E-state index in [4.69, 9.17) is 15.2 Å². The quantitative estimate of drug-likeness (QED) is 0.795. The van der Waals surface area contributed by atoms with Gasteiger partial charge in [0.05, 0.1) is 19.3 Å². The molecule has 0 heterocycles. The highest BCUT2D eigenvalue weighted by Crippen LogP contribution is 2.31. The summed E-state index contributed by atoms with van der Waals surface area (Å²) in [6, 6.07) is 5.07. The van der Waals surface area contributed by atoms with E-state index in [1.54, 1.807) is 19.1 Å². The summed E-state index contributed by atoms with van der Waals surface area (Å²) in [5, 5.41) is 9.89. The normalized spacial score (nSPS) is 14.2. The lowest BCUT2D eigenvalue weighted by Crippen LogP contribution is -2.24. The van der Waals surface area contributed by atoms with E-state index in [0.29, 0.717) is 24.7 Å². The monoisotopic (exact) mass is 239 g/mol. The number of aliphatic hydroxyl groups is 1. The average Bonchev–Trinajstić information content (AvgIpc) is 2.31. The van der Waals surface area contributed by atoms with Crippen molar-refractivity contribution < 1.29 is 14.6 Å². The zero-order valence-corrected chi connectivity index (χ0v) is 10.6.